The van der Waals surface area contributed by atoms with Gasteiger partial charge < -0.3 is 33.5 Å². The molecule has 1 aliphatic rings. The van der Waals surface area contributed by atoms with Crippen molar-refractivity contribution in [1.82, 2.24) is 19.5 Å². The molecule has 0 aliphatic carbocycles. The number of carbonyl (C=O) groups is 2. The van der Waals surface area contributed by atoms with Gasteiger partial charge in [0.15, 0.2) is 22.7 Å². The summed E-state index contributed by atoms with van der Waals surface area (Å²) >= 11 is 0. The number of carbonyl (C=O) groups excluding carboxylic acids is 2. The third-order valence-electron chi connectivity index (χ3n) is 8.96. The quantitative estimate of drug-likeness (QED) is 0.127. The van der Waals surface area contributed by atoms with E-state index in [-0.39, 0.29) is 54.3 Å². The molecule has 1 aliphatic heterocycles. The monoisotopic (exact) mass is 669 g/mol. The molecule has 0 bridgehead atoms. The van der Waals surface area contributed by atoms with Gasteiger partial charge in [-0.25, -0.2) is 9.78 Å². The van der Waals surface area contributed by atoms with Crippen molar-refractivity contribution in [2.45, 2.75) is 104 Å². The van der Waals surface area contributed by atoms with E-state index in [1.165, 1.54) is 17.8 Å². The van der Waals surface area contributed by atoms with Gasteiger partial charge in [-0.15, -0.1) is 0 Å². The van der Waals surface area contributed by atoms with Gasteiger partial charge in [0.2, 0.25) is 0 Å². The van der Waals surface area contributed by atoms with E-state index < -0.39 is 53.3 Å². The number of aliphatic hydroxyl groups is 1. The largest absolute Gasteiger partial charge is 0.519 e. The molecule has 258 valence electrons. The van der Waals surface area contributed by atoms with Crippen LogP contribution in [0.2, 0.25) is 0 Å². The number of rotatable bonds is 11. The van der Waals surface area contributed by atoms with Crippen molar-refractivity contribution in [3.05, 3.63) is 63.4 Å². The van der Waals surface area contributed by atoms with Gasteiger partial charge in [0.25, 0.3) is 0 Å². The number of esters is 2. The zero-order valence-electron chi connectivity index (χ0n) is 28.2. The SMILES string of the molecule is CC[C@]1(OC(=O)CC(C)(C)c2c(C)cc(C)cc2OC(C)=O)C[C@H](n2cnc3c(NCc4oc(=O)oc4C)nc(F)nc32)O[C@]1(C)CO. The third-order valence-corrected chi connectivity index (χ3v) is 8.96. The van der Waals surface area contributed by atoms with Crippen molar-refractivity contribution in [2.24, 2.45) is 0 Å². The minimum absolute atomic E-state index is 0.0335. The fourth-order valence-electron chi connectivity index (χ4n) is 6.68. The molecule has 4 heterocycles. The van der Waals surface area contributed by atoms with Gasteiger partial charge in [-0.1, -0.05) is 26.8 Å². The average Bonchev–Trinajstić information content (AvgIpc) is 3.63. The Hall–Kier alpha value is -4.63. The summed E-state index contributed by atoms with van der Waals surface area (Å²) in [5, 5.41) is 13.5. The molecule has 0 unspecified atom stereocenters. The highest BCUT2D eigenvalue weighted by Crippen LogP contribution is 2.50. The van der Waals surface area contributed by atoms with E-state index >= 15 is 0 Å². The van der Waals surface area contributed by atoms with Gasteiger partial charge in [0, 0.05) is 24.3 Å². The van der Waals surface area contributed by atoms with Gasteiger partial charge in [-0.05, 0) is 51.3 Å². The van der Waals surface area contributed by atoms with Crippen LogP contribution >= 0.6 is 0 Å². The first-order valence-corrected chi connectivity index (χ1v) is 15.6. The number of anilines is 1. The summed E-state index contributed by atoms with van der Waals surface area (Å²) in [7, 11) is 0. The van der Waals surface area contributed by atoms with Crippen LogP contribution in [0.25, 0.3) is 11.2 Å². The summed E-state index contributed by atoms with van der Waals surface area (Å²) in [5.74, 6) is -0.987. The molecule has 2 N–H and O–H groups in total. The van der Waals surface area contributed by atoms with Crippen molar-refractivity contribution >= 4 is 28.9 Å². The van der Waals surface area contributed by atoms with Crippen LogP contribution in [0.5, 0.6) is 5.75 Å². The smallest absolute Gasteiger partial charge is 0.456 e. The van der Waals surface area contributed by atoms with Crippen LogP contribution < -0.4 is 15.9 Å². The standard InChI is InChI=1S/C33H40FN5O9/c1-9-33(48-24(42)13-31(6,7)25-18(3)10-17(2)11-21(25)45-20(5)41)12-23(47-32(33,8)15-40)39-16-36-26-27(37-29(34)38-28(26)39)35-14-22-19(4)44-30(43)46-22/h10-11,16,23,40H,9,12-15H2,1-8H3,(H,35,37,38)/t23-,32-,33+/m1/s1. The van der Waals surface area contributed by atoms with Crippen LogP contribution in [0.1, 0.15) is 88.3 Å². The Bertz CT molecular complexity index is 1930. The molecular formula is C33H40FN5O9. The normalized spacial score (nSPS) is 21.1. The maximum atomic E-state index is 14.7. The Balaban J connectivity index is 1.42. The summed E-state index contributed by atoms with van der Waals surface area (Å²) in [5.41, 5.74) is -0.680. The number of hydrogen-bond donors (Lipinski definition) is 2. The molecular weight excluding hydrogens is 629 g/mol. The van der Waals surface area contributed by atoms with Gasteiger partial charge in [-0.3, -0.25) is 14.2 Å². The molecule has 0 amide bonds. The molecule has 0 radical (unpaired) electrons. The number of aliphatic hydroxyl groups excluding tert-OH is 1. The number of aryl methyl sites for hydroxylation is 3. The summed E-state index contributed by atoms with van der Waals surface area (Å²) in [6.07, 6.45) is -0.199. The molecule has 1 aromatic carbocycles. The number of fused-ring (bicyclic) bond motifs is 1. The lowest BCUT2D eigenvalue weighted by Crippen LogP contribution is -2.54. The van der Waals surface area contributed by atoms with Crippen molar-refractivity contribution in [2.75, 3.05) is 11.9 Å². The van der Waals surface area contributed by atoms with E-state index in [0.717, 1.165) is 11.1 Å². The zero-order chi connectivity index (χ0) is 35.2. The first-order valence-electron chi connectivity index (χ1n) is 15.6. The minimum Gasteiger partial charge on any atom is -0.456 e. The predicted octanol–water partition coefficient (Wildman–Crippen LogP) is 4.70. The lowest BCUT2D eigenvalue weighted by atomic mass is 9.77. The first kappa shape index (κ1) is 34.7. The Kier molecular flexibility index (Phi) is 9.23. The highest BCUT2D eigenvalue weighted by Gasteiger charge is 2.59. The highest BCUT2D eigenvalue weighted by molar-refractivity contribution is 5.82. The van der Waals surface area contributed by atoms with Gasteiger partial charge in [-0.2, -0.15) is 14.4 Å². The predicted molar refractivity (Wildman–Crippen MR) is 169 cm³/mol. The van der Waals surface area contributed by atoms with E-state index in [1.807, 2.05) is 40.7 Å². The fraction of sp³-hybridized carbons (Fsp3) is 0.515. The molecule has 1 fully saturated rings. The van der Waals surface area contributed by atoms with Crippen LogP contribution in [0, 0.1) is 26.8 Å². The molecule has 1 saturated heterocycles. The van der Waals surface area contributed by atoms with Crippen molar-refractivity contribution in [3.8, 4) is 5.75 Å². The summed E-state index contributed by atoms with van der Waals surface area (Å²) < 4.78 is 44.3. The summed E-state index contributed by atoms with van der Waals surface area (Å²) in [6, 6.07) is 3.72. The van der Waals surface area contributed by atoms with Crippen molar-refractivity contribution < 1.29 is 42.1 Å². The Morgan fingerprint density at radius 2 is 1.94 bits per heavy atom. The molecule has 48 heavy (non-hydrogen) atoms. The summed E-state index contributed by atoms with van der Waals surface area (Å²) in [6.45, 7) is 13.4. The molecule has 15 heteroatoms. The number of hydrogen-bond acceptors (Lipinski definition) is 13. The van der Waals surface area contributed by atoms with E-state index in [4.69, 9.17) is 23.0 Å². The van der Waals surface area contributed by atoms with E-state index in [2.05, 4.69) is 20.3 Å². The number of nitrogens with zero attached hydrogens (tertiary/aromatic N) is 4. The molecule has 14 nitrogen and oxygen atoms in total. The molecule has 3 aromatic heterocycles. The number of nitrogens with one attached hydrogen (secondary N) is 1. The average molecular weight is 670 g/mol. The Morgan fingerprint density at radius 1 is 1.21 bits per heavy atom. The topological polar surface area (TPSA) is 181 Å². The van der Waals surface area contributed by atoms with Crippen molar-refractivity contribution in [1.29, 1.82) is 0 Å². The number of aromatic nitrogens is 4. The second kappa shape index (κ2) is 12.8. The number of imidazole rings is 1. The first-order chi connectivity index (χ1) is 22.5. The van der Waals surface area contributed by atoms with Gasteiger partial charge >= 0.3 is 23.8 Å². The van der Waals surface area contributed by atoms with Crippen LogP contribution in [0.4, 0.5) is 10.2 Å². The maximum absolute atomic E-state index is 14.7. The fourth-order valence-corrected chi connectivity index (χ4v) is 6.68. The number of ether oxygens (including phenoxy) is 3. The Labute approximate surface area is 275 Å². The summed E-state index contributed by atoms with van der Waals surface area (Å²) in [4.78, 5) is 49.3. The molecule has 0 spiro atoms. The van der Waals surface area contributed by atoms with E-state index in [9.17, 15) is 23.9 Å². The Morgan fingerprint density at radius 3 is 2.56 bits per heavy atom. The van der Waals surface area contributed by atoms with Crippen molar-refractivity contribution in [3.63, 3.8) is 0 Å². The number of benzene rings is 1. The van der Waals surface area contributed by atoms with Crippen LogP contribution in [-0.2, 0) is 31.0 Å². The third kappa shape index (κ3) is 6.43. The second-order valence-corrected chi connectivity index (χ2v) is 13.0. The maximum Gasteiger partial charge on any atom is 0.519 e. The second-order valence-electron chi connectivity index (χ2n) is 13.0. The van der Waals surface area contributed by atoms with E-state index in [0.29, 0.717) is 11.3 Å². The lowest BCUT2D eigenvalue weighted by Gasteiger charge is -2.40. The van der Waals surface area contributed by atoms with E-state index in [1.54, 1.807) is 19.9 Å². The molecule has 4 aromatic rings. The molecule has 0 saturated carbocycles. The van der Waals surface area contributed by atoms with Crippen LogP contribution in [0.3, 0.4) is 0 Å². The molecule has 3 atom stereocenters. The number of halogens is 1. The molecule has 5 rings (SSSR count). The zero-order valence-corrected chi connectivity index (χ0v) is 28.2. The van der Waals surface area contributed by atoms with Gasteiger partial charge in [0.05, 0.1) is 25.9 Å². The highest BCUT2D eigenvalue weighted by atomic mass is 19.1. The minimum atomic E-state index is -1.35. The van der Waals surface area contributed by atoms with Gasteiger partial charge in [0.1, 0.15) is 28.9 Å². The van der Waals surface area contributed by atoms with Crippen LogP contribution in [0.15, 0.2) is 32.1 Å². The van der Waals surface area contributed by atoms with Crippen LogP contribution in [-0.4, -0.2) is 54.4 Å². The lowest BCUT2D eigenvalue weighted by molar-refractivity contribution is -0.192.